The van der Waals surface area contributed by atoms with Crippen molar-refractivity contribution in [2.75, 3.05) is 19.6 Å². The average Bonchev–Trinajstić information content (AvgIpc) is 2.60. The number of sulfonamides is 1. The summed E-state index contributed by atoms with van der Waals surface area (Å²) in [5, 5.41) is 7.05. The van der Waals surface area contributed by atoms with Crippen LogP contribution in [0.1, 0.15) is 19.0 Å². The number of hydrogen-bond acceptors (Lipinski definition) is 4. The van der Waals surface area contributed by atoms with Gasteiger partial charge in [0.05, 0.1) is 11.9 Å². The van der Waals surface area contributed by atoms with Gasteiger partial charge in [-0.25, -0.2) is 13.1 Å². The molecule has 0 saturated carbocycles. The summed E-state index contributed by atoms with van der Waals surface area (Å²) in [5.74, 6) is 0. The summed E-state index contributed by atoms with van der Waals surface area (Å²) in [6.07, 6.45) is 2.41. The second kappa shape index (κ2) is 6.13. The summed E-state index contributed by atoms with van der Waals surface area (Å²) in [7, 11) is -1.71. The van der Waals surface area contributed by atoms with Gasteiger partial charge in [-0.3, -0.25) is 4.68 Å². The summed E-state index contributed by atoms with van der Waals surface area (Å²) in [4.78, 5) is 0.246. The highest BCUT2D eigenvalue weighted by Gasteiger charge is 2.18. The molecule has 1 aromatic heterocycles. The minimum atomic E-state index is -3.43. The molecule has 0 radical (unpaired) electrons. The van der Waals surface area contributed by atoms with E-state index in [0.717, 1.165) is 13.0 Å². The second-order valence-corrected chi connectivity index (χ2v) is 5.60. The van der Waals surface area contributed by atoms with Gasteiger partial charge in [0.15, 0.2) is 0 Å². The first-order valence-corrected chi connectivity index (χ1v) is 7.16. The molecule has 1 rings (SSSR count). The molecule has 0 aliphatic heterocycles. The van der Waals surface area contributed by atoms with Crippen molar-refractivity contribution in [3.05, 3.63) is 11.9 Å². The van der Waals surface area contributed by atoms with E-state index in [1.54, 1.807) is 18.7 Å². The van der Waals surface area contributed by atoms with Gasteiger partial charge in [0, 0.05) is 20.1 Å². The standard InChI is InChI=1S/C10H20N4O2S/c1-4-5-11-6-7-13-17(15,16)10-8-12-14(3)9(10)2/h8,11,13H,4-7H2,1-3H3. The molecule has 0 spiro atoms. The number of rotatable bonds is 7. The van der Waals surface area contributed by atoms with E-state index >= 15 is 0 Å². The van der Waals surface area contributed by atoms with Crippen molar-refractivity contribution >= 4 is 10.0 Å². The number of hydrogen-bond donors (Lipinski definition) is 2. The third-order valence-corrected chi connectivity index (χ3v) is 4.06. The van der Waals surface area contributed by atoms with Crippen LogP contribution in [0.2, 0.25) is 0 Å². The van der Waals surface area contributed by atoms with E-state index < -0.39 is 10.0 Å². The van der Waals surface area contributed by atoms with Crippen LogP contribution in [0.15, 0.2) is 11.1 Å². The molecule has 0 unspecified atom stereocenters. The van der Waals surface area contributed by atoms with Gasteiger partial charge in [-0.15, -0.1) is 0 Å². The zero-order valence-electron chi connectivity index (χ0n) is 10.5. The molecule has 1 heterocycles. The van der Waals surface area contributed by atoms with Crippen molar-refractivity contribution in [3.8, 4) is 0 Å². The molecule has 7 heteroatoms. The Morgan fingerprint density at radius 2 is 2.06 bits per heavy atom. The van der Waals surface area contributed by atoms with Crippen LogP contribution in [0.25, 0.3) is 0 Å². The first-order valence-electron chi connectivity index (χ1n) is 5.68. The van der Waals surface area contributed by atoms with Gasteiger partial charge in [-0.1, -0.05) is 6.92 Å². The van der Waals surface area contributed by atoms with E-state index in [4.69, 9.17) is 0 Å². The maximum Gasteiger partial charge on any atom is 0.244 e. The van der Waals surface area contributed by atoms with Crippen LogP contribution in [-0.2, 0) is 17.1 Å². The molecule has 0 aromatic carbocycles. The minimum absolute atomic E-state index is 0.246. The Balaban J connectivity index is 2.55. The van der Waals surface area contributed by atoms with Crippen LogP contribution in [-0.4, -0.2) is 37.8 Å². The van der Waals surface area contributed by atoms with Crippen LogP contribution in [0, 0.1) is 6.92 Å². The molecular formula is C10H20N4O2S. The van der Waals surface area contributed by atoms with Gasteiger partial charge < -0.3 is 5.32 Å². The van der Waals surface area contributed by atoms with E-state index in [1.165, 1.54) is 6.20 Å². The summed E-state index contributed by atoms with van der Waals surface area (Å²) in [6.45, 7) is 5.71. The maximum atomic E-state index is 11.9. The molecule has 0 fully saturated rings. The Labute approximate surface area is 102 Å². The Hall–Kier alpha value is -0.920. The van der Waals surface area contributed by atoms with Crippen molar-refractivity contribution in [3.63, 3.8) is 0 Å². The van der Waals surface area contributed by atoms with Gasteiger partial charge in [-0.2, -0.15) is 5.10 Å². The fraction of sp³-hybridized carbons (Fsp3) is 0.700. The first kappa shape index (κ1) is 14.1. The van der Waals surface area contributed by atoms with Crippen LogP contribution in [0.3, 0.4) is 0 Å². The van der Waals surface area contributed by atoms with Gasteiger partial charge in [0.1, 0.15) is 4.90 Å². The average molecular weight is 260 g/mol. The fourth-order valence-corrected chi connectivity index (χ4v) is 2.63. The van der Waals surface area contributed by atoms with Gasteiger partial charge >= 0.3 is 0 Å². The van der Waals surface area contributed by atoms with Gasteiger partial charge in [-0.05, 0) is 19.9 Å². The second-order valence-electron chi connectivity index (χ2n) is 3.87. The highest BCUT2D eigenvalue weighted by molar-refractivity contribution is 7.89. The third kappa shape index (κ3) is 3.79. The van der Waals surface area contributed by atoms with Crippen molar-refractivity contribution in [1.82, 2.24) is 19.8 Å². The summed E-state index contributed by atoms with van der Waals surface area (Å²) in [5.41, 5.74) is 0.638. The molecular weight excluding hydrogens is 240 g/mol. The van der Waals surface area contributed by atoms with E-state index in [-0.39, 0.29) is 4.90 Å². The molecule has 0 saturated heterocycles. The van der Waals surface area contributed by atoms with Gasteiger partial charge in [0.2, 0.25) is 10.0 Å². The Morgan fingerprint density at radius 1 is 1.35 bits per heavy atom. The maximum absolute atomic E-state index is 11.9. The minimum Gasteiger partial charge on any atom is -0.315 e. The molecule has 6 nitrogen and oxygen atoms in total. The highest BCUT2D eigenvalue weighted by Crippen LogP contribution is 2.12. The molecule has 1 aromatic rings. The molecule has 98 valence electrons. The smallest absolute Gasteiger partial charge is 0.244 e. The zero-order chi connectivity index (χ0) is 12.9. The largest absolute Gasteiger partial charge is 0.315 e. The lowest BCUT2D eigenvalue weighted by Crippen LogP contribution is -2.32. The predicted molar refractivity (Wildman–Crippen MR) is 66.3 cm³/mol. The van der Waals surface area contributed by atoms with Crippen molar-refractivity contribution in [2.45, 2.75) is 25.2 Å². The van der Waals surface area contributed by atoms with Crippen molar-refractivity contribution < 1.29 is 8.42 Å². The van der Waals surface area contributed by atoms with Crippen molar-refractivity contribution in [1.29, 1.82) is 0 Å². The monoisotopic (exact) mass is 260 g/mol. The Morgan fingerprint density at radius 3 is 2.59 bits per heavy atom. The van der Waals surface area contributed by atoms with Crippen LogP contribution >= 0.6 is 0 Å². The molecule has 2 N–H and O–H groups in total. The third-order valence-electron chi connectivity index (χ3n) is 2.50. The SMILES string of the molecule is CCCNCCNS(=O)(=O)c1cnn(C)c1C. The Bertz CT molecular complexity index is 453. The van der Waals surface area contributed by atoms with Crippen LogP contribution in [0.5, 0.6) is 0 Å². The lowest BCUT2D eigenvalue weighted by molar-refractivity contribution is 0.574. The number of nitrogens with one attached hydrogen (secondary N) is 2. The Kier molecular flexibility index (Phi) is 5.10. The van der Waals surface area contributed by atoms with Crippen LogP contribution in [0.4, 0.5) is 0 Å². The molecule has 0 atom stereocenters. The lowest BCUT2D eigenvalue weighted by Gasteiger charge is -2.06. The van der Waals surface area contributed by atoms with Gasteiger partial charge in [0.25, 0.3) is 0 Å². The number of aryl methyl sites for hydroxylation is 1. The summed E-state index contributed by atoms with van der Waals surface area (Å²) < 4.78 is 27.9. The molecule has 0 amide bonds. The van der Waals surface area contributed by atoms with E-state index in [0.29, 0.717) is 18.8 Å². The number of aromatic nitrogens is 2. The van der Waals surface area contributed by atoms with E-state index in [1.807, 2.05) is 0 Å². The molecule has 0 aliphatic carbocycles. The van der Waals surface area contributed by atoms with E-state index in [2.05, 4.69) is 22.1 Å². The fourth-order valence-electron chi connectivity index (χ4n) is 1.40. The molecule has 0 aliphatic rings. The quantitative estimate of drug-likeness (QED) is 0.677. The zero-order valence-corrected chi connectivity index (χ0v) is 11.3. The number of nitrogens with zero attached hydrogens (tertiary/aromatic N) is 2. The van der Waals surface area contributed by atoms with Crippen LogP contribution < -0.4 is 10.0 Å². The lowest BCUT2D eigenvalue weighted by atomic mass is 10.5. The summed E-state index contributed by atoms with van der Waals surface area (Å²) >= 11 is 0. The van der Waals surface area contributed by atoms with Crippen molar-refractivity contribution in [2.24, 2.45) is 7.05 Å². The van der Waals surface area contributed by atoms with E-state index in [9.17, 15) is 8.42 Å². The predicted octanol–water partition coefficient (Wildman–Crippen LogP) is 0.00642. The molecule has 0 bridgehead atoms. The molecule has 17 heavy (non-hydrogen) atoms. The topological polar surface area (TPSA) is 76.0 Å². The highest BCUT2D eigenvalue weighted by atomic mass is 32.2. The summed E-state index contributed by atoms with van der Waals surface area (Å²) in [6, 6.07) is 0. The normalized spacial score (nSPS) is 11.9. The first-order chi connectivity index (χ1) is 7.99.